The second-order valence-electron chi connectivity index (χ2n) is 5.10. The summed E-state index contributed by atoms with van der Waals surface area (Å²) in [6.45, 7) is 1.69. The molecular formula is C15H11ClF4N2O3S. The van der Waals surface area contributed by atoms with E-state index in [1.54, 1.807) is 6.92 Å². The molecule has 0 saturated heterocycles. The SMILES string of the molecule is CCC(=S)Oc1cc(-n2c(=O)cc(C(F)(F)F)n(C)c2=O)c(F)cc1Cl. The maximum Gasteiger partial charge on any atom is 0.431 e. The molecule has 1 aromatic heterocycles. The largest absolute Gasteiger partial charge is 0.449 e. The number of hydrogen-bond acceptors (Lipinski definition) is 4. The minimum absolute atomic E-state index is 0.108. The van der Waals surface area contributed by atoms with Crippen LogP contribution in [-0.2, 0) is 13.2 Å². The van der Waals surface area contributed by atoms with E-state index < -0.39 is 34.6 Å². The number of halogens is 5. The molecule has 0 aliphatic rings. The Bertz CT molecular complexity index is 998. The van der Waals surface area contributed by atoms with Gasteiger partial charge in [-0.2, -0.15) is 13.2 Å². The summed E-state index contributed by atoms with van der Waals surface area (Å²) in [6, 6.07) is 1.90. The number of rotatable bonds is 3. The molecule has 0 saturated carbocycles. The fourth-order valence-corrected chi connectivity index (χ4v) is 2.36. The Morgan fingerprint density at radius 2 is 1.88 bits per heavy atom. The molecule has 2 aromatic rings. The molecule has 0 radical (unpaired) electrons. The molecule has 0 fully saturated rings. The van der Waals surface area contributed by atoms with E-state index in [-0.39, 0.29) is 31.0 Å². The highest BCUT2D eigenvalue weighted by atomic mass is 35.5. The van der Waals surface area contributed by atoms with Crippen molar-refractivity contribution in [3.05, 3.63) is 55.6 Å². The van der Waals surface area contributed by atoms with E-state index >= 15 is 0 Å². The first-order valence-corrected chi connectivity index (χ1v) is 7.86. The van der Waals surface area contributed by atoms with Gasteiger partial charge in [-0.05, 0) is 18.3 Å². The van der Waals surface area contributed by atoms with E-state index in [1.807, 2.05) is 0 Å². The van der Waals surface area contributed by atoms with Gasteiger partial charge in [0, 0.05) is 25.6 Å². The van der Waals surface area contributed by atoms with Crippen LogP contribution < -0.4 is 16.0 Å². The quantitative estimate of drug-likeness (QED) is 0.574. The predicted octanol–water partition coefficient (Wildman–Crippen LogP) is 3.46. The fourth-order valence-electron chi connectivity index (χ4n) is 2.08. The highest BCUT2D eigenvalue weighted by Crippen LogP contribution is 2.30. The normalized spacial score (nSPS) is 11.5. The summed E-state index contributed by atoms with van der Waals surface area (Å²) in [7, 11) is 0.818. The smallest absolute Gasteiger partial charge is 0.431 e. The van der Waals surface area contributed by atoms with Crippen molar-refractivity contribution in [1.29, 1.82) is 0 Å². The van der Waals surface area contributed by atoms with Gasteiger partial charge in [0.2, 0.25) is 0 Å². The van der Waals surface area contributed by atoms with Crippen LogP contribution in [0.1, 0.15) is 19.0 Å². The van der Waals surface area contributed by atoms with E-state index in [0.29, 0.717) is 6.42 Å². The Morgan fingerprint density at radius 1 is 1.27 bits per heavy atom. The van der Waals surface area contributed by atoms with E-state index in [2.05, 4.69) is 0 Å². The van der Waals surface area contributed by atoms with Gasteiger partial charge in [0.25, 0.3) is 5.56 Å². The molecule has 0 N–H and O–H groups in total. The van der Waals surface area contributed by atoms with Gasteiger partial charge >= 0.3 is 11.9 Å². The van der Waals surface area contributed by atoms with Crippen molar-refractivity contribution in [3.63, 3.8) is 0 Å². The molecule has 1 heterocycles. The fraction of sp³-hybridized carbons (Fsp3) is 0.267. The summed E-state index contributed by atoms with van der Waals surface area (Å²) in [5, 5.41) is -0.0732. The molecule has 0 bridgehead atoms. The standard InChI is InChI=1S/C15H11ClF4N2O3S/c1-3-13(26)25-10-5-9(8(17)4-7(10)16)22-12(23)6-11(15(18,19)20)21(2)14(22)24/h4-6H,3H2,1-2H3. The Kier molecular flexibility index (Phi) is 5.57. The van der Waals surface area contributed by atoms with Crippen LogP contribution in [0.2, 0.25) is 5.02 Å². The number of hydrogen-bond donors (Lipinski definition) is 0. The highest BCUT2D eigenvalue weighted by molar-refractivity contribution is 7.80. The molecule has 26 heavy (non-hydrogen) atoms. The lowest BCUT2D eigenvalue weighted by Gasteiger charge is -2.15. The van der Waals surface area contributed by atoms with Gasteiger partial charge in [-0.15, -0.1) is 0 Å². The lowest BCUT2D eigenvalue weighted by molar-refractivity contribution is -0.144. The third-order valence-corrected chi connectivity index (χ3v) is 4.03. The van der Waals surface area contributed by atoms with Crippen molar-refractivity contribution in [1.82, 2.24) is 9.13 Å². The minimum Gasteiger partial charge on any atom is -0.449 e. The molecule has 2 rings (SSSR count). The van der Waals surface area contributed by atoms with Gasteiger partial charge in [0.15, 0.2) is 5.05 Å². The van der Waals surface area contributed by atoms with Crippen LogP contribution in [0, 0.1) is 5.82 Å². The van der Waals surface area contributed by atoms with Crippen LogP contribution in [0.25, 0.3) is 5.69 Å². The topological polar surface area (TPSA) is 53.2 Å². The van der Waals surface area contributed by atoms with Crippen LogP contribution in [0.15, 0.2) is 27.8 Å². The third-order valence-electron chi connectivity index (χ3n) is 3.37. The van der Waals surface area contributed by atoms with E-state index in [9.17, 15) is 27.2 Å². The van der Waals surface area contributed by atoms with Crippen molar-refractivity contribution < 1.29 is 22.3 Å². The average molecular weight is 411 g/mol. The Labute approximate surface area is 154 Å². The molecule has 0 spiro atoms. The third kappa shape index (κ3) is 3.80. The predicted molar refractivity (Wildman–Crippen MR) is 90.8 cm³/mol. The Hall–Kier alpha value is -2.20. The van der Waals surface area contributed by atoms with Crippen LogP contribution in [0.4, 0.5) is 17.6 Å². The number of nitrogens with zero attached hydrogens (tertiary/aromatic N) is 2. The van der Waals surface area contributed by atoms with E-state index in [1.165, 1.54) is 0 Å². The second-order valence-corrected chi connectivity index (χ2v) is 5.97. The summed E-state index contributed by atoms with van der Waals surface area (Å²) in [5.74, 6) is -1.23. The Morgan fingerprint density at radius 3 is 2.42 bits per heavy atom. The van der Waals surface area contributed by atoms with E-state index in [4.69, 9.17) is 28.6 Å². The zero-order valence-corrected chi connectivity index (χ0v) is 14.9. The van der Waals surface area contributed by atoms with Gasteiger partial charge in [-0.3, -0.25) is 9.36 Å². The summed E-state index contributed by atoms with van der Waals surface area (Å²) < 4.78 is 58.6. The highest BCUT2D eigenvalue weighted by Gasteiger charge is 2.35. The molecular weight excluding hydrogens is 400 g/mol. The van der Waals surface area contributed by atoms with Crippen LogP contribution in [0.3, 0.4) is 0 Å². The lowest BCUT2D eigenvalue weighted by Crippen LogP contribution is -2.41. The average Bonchev–Trinajstić information content (AvgIpc) is 2.53. The van der Waals surface area contributed by atoms with Crippen molar-refractivity contribution in [2.45, 2.75) is 19.5 Å². The maximum absolute atomic E-state index is 14.3. The molecule has 5 nitrogen and oxygen atoms in total. The number of benzene rings is 1. The van der Waals surface area contributed by atoms with Crippen LogP contribution in [0.5, 0.6) is 5.75 Å². The maximum atomic E-state index is 14.3. The molecule has 140 valence electrons. The molecule has 0 atom stereocenters. The second kappa shape index (κ2) is 7.20. The summed E-state index contributed by atoms with van der Waals surface area (Å²) >= 11 is 10.7. The summed E-state index contributed by atoms with van der Waals surface area (Å²) in [4.78, 5) is 24.3. The molecule has 0 aliphatic heterocycles. The van der Waals surface area contributed by atoms with Crippen LogP contribution in [-0.4, -0.2) is 14.2 Å². The number of alkyl halides is 3. The number of thiocarbonyl (C=S) groups is 1. The number of aromatic nitrogens is 2. The first-order chi connectivity index (χ1) is 12.0. The lowest BCUT2D eigenvalue weighted by atomic mass is 10.2. The van der Waals surface area contributed by atoms with Gasteiger partial charge in [-0.25, -0.2) is 13.8 Å². The van der Waals surface area contributed by atoms with Crippen LogP contribution >= 0.6 is 23.8 Å². The van der Waals surface area contributed by atoms with Crippen molar-refractivity contribution in [2.75, 3.05) is 0 Å². The monoisotopic (exact) mass is 410 g/mol. The first-order valence-electron chi connectivity index (χ1n) is 7.07. The van der Waals surface area contributed by atoms with Gasteiger partial charge < -0.3 is 4.74 Å². The van der Waals surface area contributed by atoms with Crippen molar-refractivity contribution in [3.8, 4) is 11.4 Å². The summed E-state index contributed by atoms with van der Waals surface area (Å²) in [5.41, 5.74) is -4.80. The Balaban J connectivity index is 2.75. The number of ether oxygens (including phenoxy) is 1. The first kappa shape index (κ1) is 20.1. The zero-order valence-electron chi connectivity index (χ0n) is 13.4. The van der Waals surface area contributed by atoms with Crippen molar-refractivity contribution >= 4 is 28.9 Å². The summed E-state index contributed by atoms with van der Waals surface area (Å²) in [6.07, 6.45) is -4.59. The molecule has 0 amide bonds. The van der Waals surface area contributed by atoms with Gasteiger partial charge in [0.1, 0.15) is 17.3 Å². The van der Waals surface area contributed by atoms with E-state index in [0.717, 1.165) is 19.2 Å². The minimum atomic E-state index is -4.92. The van der Waals surface area contributed by atoms with Gasteiger partial charge in [0.05, 0.1) is 10.7 Å². The zero-order chi connectivity index (χ0) is 19.8. The van der Waals surface area contributed by atoms with Gasteiger partial charge in [-0.1, -0.05) is 18.5 Å². The molecule has 0 aliphatic carbocycles. The molecule has 11 heteroatoms. The molecule has 0 unspecified atom stereocenters. The van der Waals surface area contributed by atoms with Crippen molar-refractivity contribution in [2.24, 2.45) is 7.05 Å². The molecule has 1 aromatic carbocycles.